The van der Waals surface area contributed by atoms with E-state index in [2.05, 4.69) is 0 Å². The first kappa shape index (κ1) is 17.4. The Labute approximate surface area is 142 Å². The van der Waals surface area contributed by atoms with E-state index >= 15 is 0 Å². The highest BCUT2D eigenvalue weighted by atomic mass is 19.1. The van der Waals surface area contributed by atoms with Gasteiger partial charge in [-0.05, 0) is 55.7 Å². The van der Waals surface area contributed by atoms with Crippen molar-refractivity contribution in [1.29, 1.82) is 0 Å². The highest BCUT2D eigenvalue weighted by molar-refractivity contribution is 5.81. The minimum absolute atomic E-state index is 0.174. The molecule has 24 heavy (non-hydrogen) atoms. The van der Waals surface area contributed by atoms with Crippen molar-refractivity contribution >= 4 is 5.91 Å². The van der Waals surface area contributed by atoms with E-state index in [9.17, 15) is 9.18 Å². The summed E-state index contributed by atoms with van der Waals surface area (Å²) < 4.78 is 24.2. The summed E-state index contributed by atoms with van der Waals surface area (Å²) in [7, 11) is 0. The number of likely N-dealkylation sites (tertiary alicyclic amines) is 1. The molecule has 0 bridgehead atoms. The van der Waals surface area contributed by atoms with E-state index in [-0.39, 0.29) is 17.8 Å². The van der Waals surface area contributed by atoms with Crippen molar-refractivity contribution in [2.24, 2.45) is 5.92 Å². The monoisotopic (exact) mass is 335 g/mol. The molecule has 5 heteroatoms. The van der Waals surface area contributed by atoms with Crippen molar-refractivity contribution in [2.45, 2.75) is 44.8 Å². The normalized spacial score (nSPS) is 22.0. The Morgan fingerprint density at radius 2 is 2.12 bits per heavy atom. The fraction of sp³-hybridized carbons (Fsp3) is 0.632. The van der Waals surface area contributed by atoms with Crippen molar-refractivity contribution in [1.82, 2.24) is 4.90 Å². The highest BCUT2D eigenvalue weighted by Gasteiger charge is 2.30. The van der Waals surface area contributed by atoms with Gasteiger partial charge in [0.05, 0.1) is 6.61 Å². The zero-order chi connectivity index (χ0) is 16.8. The molecule has 2 fully saturated rings. The minimum atomic E-state index is -0.223. The van der Waals surface area contributed by atoms with Crippen molar-refractivity contribution in [2.75, 3.05) is 26.3 Å². The number of amides is 1. The van der Waals surface area contributed by atoms with Gasteiger partial charge in [0.25, 0.3) is 5.91 Å². The summed E-state index contributed by atoms with van der Waals surface area (Å²) in [6.07, 6.45) is 4.72. The lowest BCUT2D eigenvalue weighted by molar-refractivity contribution is -0.142. The molecule has 2 aliphatic rings. The summed E-state index contributed by atoms with van der Waals surface area (Å²) in [6, 6.07) is 6.53. The fourth-order valence-corrected chi connectivity index (χ4v) is 3.48. The number of carbonyl (C=O) groups is 1. The number of carbonyl (C=O) groups excluding carboxylic acids is 1. The lowest BCUT2D eigenvalue weighted by atomic mass is 9.93. The predicted octanol–water partition coefficient (Wildman–Crippen LogP) is 3.15. The van der Waals surface area contributed by atoms with Crippen LogP contribution in [0.1, 0.15) is 37.7 Å². The average molecular weight is 335 g/mol. The molecule has 0 radical (unpaired) electrons. The molecule has 0 N–H and O–H groups in total. The van der Waals surface area contributed by atoms with Crippen molar-refractivity contribution in [3.05, 3.63) is 35.6 Å². The topological polar surface area (TPSA) is 38.8 Å². The number of rotatable bonds is 6. The smallest absolute Gasteiger partial charge is 0.251 e. The maximum absolute atomic E-state index is 13.1. The van der Waals surface area contributed by atoms with Gasteiger partial charge >= 0.3 is 0 Å². The molecule has 1 aromatic carbocycles. The van der Waals surface area contributed by atoms with Gasteiger partial charge in [0, 0.05) is 26.3 Å². The van der Waals surface area contributed by atoms with Crippen LogP contribution in [0, 0.1) is 11.7 Å². The van der Waals surface area contributed by atoms with E-state index in [1.54, 1.807) is 6.07 Å². The minimum Gasteiger partial charge on any atom is -0.377 e. The van der Waals surface area contributed by atoms with Crippen LogP contribution < -0.4 is 0 Å². The lowest BCUT2D eigenvalue weighted by Gasteiger charge is -2.33. The SMILES string of the molecule is O=C(C1CCCO1)N1CCC(CCOCc2cccc(F)c2)CC1. The van der Waals surface area contributed by atoms with E-state index in [4.69, 9.17) is 9.47 Å². The predicted molar refractivity (Wildman–Crippen MR) is 89.0 cm³/mol. The summed E-state index contributed by atoms with van der Waals surface area (Å²) in [4.78, 5) is 14.3. The quantitative estimate of drug-likeness (QED) is 0.750. The van der Waals surface area contributed by atoms with Gasteiger partial charge in [-0.1, -0.05) is 12.1 Å². The molecule has 0 aliphatic carbocycles. The molecule has 1 atom stereocenters. The van der Waals surface area contributed by atoms with Crippen LogP contribution in [-0.4, -0.2) is 43.2 Å². The third kappa shape index (κ3) is 4.77. The highest BCUT2D eigenvalue weighted by Crippen LogP contribution is 2.23. The lowest BCUT2D eigenvalue weighted by Crippen LogP contribution is -2.43. The maximum atomic E-state index is 13.1. The third-order valence-corrected chi connectivity index (χ3v) is 4.96. The van der Waals surface area contributed by atoms with E-state index < -0.39 is 0 Å². The van der Waals surface area contributed by atoms with Gasteiger partial charge < -0.3 is 14.4 Å². The van der Waals surface area contributed by atoms with Gasteiger partial charge in [0.2, 0.25) is 0 Å². The van der Waals surface area contributed by atoms with Crippen LogP contribution in [0.5, 0.6) is 0 Å². The Morgan fingerprint density at radius 1 is 1.29 bits per heavy atom. The summed E-state index contributed by atoms with van der Waals surface area (Å²) in [5, 5.41) is 0. The molecule has 2 aliphatic heterocycles. The first-order valence-corrected chi connectivity index (χ1v) is 8.95. The number of ether oxygens (including phenoxy) is 2. The second kappa shape index (κ2) is 8.58. The van der Waals surface area contributed by atoms with Crippen LogP contribution in [0.2, 0.25) is 0 Å². The van der Waals surface area contributed by atoms with Crippen molar-refractivity contribution in [3.8, 4) is 0 Å². The van der Waals surface area contributed by atoms with Gasteiger partial charge in [-0.2, -0.15) is 0 Å². The zero-order valence-electron chi connectivity index (χ0n) is 14.1. The summed E-state index contributed by atoms with van der Waals surface area (Å²) in [5.41, 5.74) is 0.868. The van der Waals surface area contributed by atoms with Crippen molar-refractivity contribution < 1.29 is 18.7 Å². The van der Waals surface area contributed by atoms with Crippen LogP contribution in [0.25, 0.3) is 0 Å². The van der Waals surface area contributed by atoms with Gasteiger partial charge in [-0.3, -0.25) is 4.79 Å². The molecule has 132 valence electrons. The van der Waals surface area contributed by atoms with E-state index in [0.29, 0.717) is 19.1 Å². The van der Waals surface area contributed by atoms with Crippen LogP contribution >= 0.6 is 0 Å². The fourth-order valence-electron chi connectivity index (χ4n) is 3.48. The second-order valence-electron chi connectivity index (χ2n) is 6.74. The molecule has 2 heterocycles. The molecule has 0 saturated carbocycles. The molecule has 1 unspecified atom stereocenters. The Kier molecular flexibility index (Phi) is 6.21. The molecule has 1 aromatic rings. The number of hydrogen-bond donors (Lipinski definition) is 0. The van der Waals surface area contributed by atoms with E-state index in [1.807, 2.05) is 11.0 Å². The van der Waals surface area contributed by atoms with Gasteiger partial charge in [-0.25, -0.2) is 4.39 Å². The summed E-state index contributed by atoms with van der Waals surface area (Å²) >= 11 is 0. The standard InChI is InChI=1S/C19H26FNO3/c20-17-4-1-3-16(13-17)14-23-12-8-15-6-9-21(10-7-15)19(22)18-5-2-11-24-18/h1,3-4,13,15,18H,2,5-12,14H2. The van der Waals surface area contributed by atoms with E-state index in [1.165, 1.54) is 12.1 Å². The van der Waals surface area contributed by atoms with Gasteiger partial charge in [0.1, 0.15) is 11.9 Å². The van der Waals surface area contributed by atoms with Crippen LogP contribution in [-0.2, 0) is 20.9 Å². The molecular weight excluding hydrogens is 309 g/mol. The molecule has 4 nitrogen and oxygen atoms in total. The average Bonchev–Trinajstić information content (AvgIpc) is 3.13. The first-order valence-electron chi connectivity index (χ1n) is 8.95. The van der Waals surface area contributed by atoms with E-state index in [0.717, 1.165) is 57.4 Å². The number of benzene rings is 1. The summed E-state index contributed by atoms with van der Waals surface area (Å²) in [5.74, 6) is 0.554. The second-order valence-corrected chi connectivity index (χ2v) is 6.74. The molecule has 0 aromatic heterocycles. The number of nitrogens with zero attached hydrogens (tertiary/aromatic N) is 1. The number of halogens is 1. The molecule has 0 spiro atoms. The van der Waals surface area contributed by atoms with Gasteiger partial charge in [0.15, 0.2) is 0 Å². The number of piperidine rings is 1. The van der Waals surface area contributed by atoms with Crippen LogP contribution in [0.4, 0.5) is 4.39 Å². The molecule has 3 rings (SSSR count). The third-order valence-electron chi connectivity index (χ3n) is 4.96. The molecule has 1 amide bonds. The van der Waals surface area contributed by atoms with Crippen LogP contribution in [0.15, 0.2) is 24.3 Å². The Balaban J connectivity index is 1.31. The molecular formula is C19H26FNO3. The van der Waals surface area contributed by atoms with Crippen molar-refractivity contribution in [3.63, 3.8) is 0 Å². The van der Waals surface area contributed by atoms with Crippen LogP contribution in [0.3, 0.4) is 0 Å². The first-order chi connectivity index (χ1) is 11.7. The maximum Gasteiger partial charge on any atom is 0.251 e. The Hall–Kier alpha value is -1.46. The Morgan fingerprint density at radius 3 is 2.83 bits per heavy atom. The Bertz CT molecular complexity index is 537. The molecule has 2 saturated heterocycles. The van der Waals surface area contributed by atoms with Gasteiger partial charge in [-0.15, -0.1) is 0 Å². The number of hydrogen-bond acceptors (Lipinski definition) is 3. The summed E-state index contributed by atoms with van der Waals surface area (Å²) in [6.45, 7) is 3.50. The zero-order valence-corrected chi connectivity index (χ0v) is 14.1. The largest absolute Gasteiger partial charge is 0.377 e.